The second kappa shape index (κ2) is 7.74. The molecule has 2 aromatic carbocycles. The maximum absolute atomic E-state index is 12.7. The lowest BCUT2D eigenvalue weighted by Crippen LogP contribution is -2.24. The minimum absolute atomic E-state index is 0.226. The fourth-order valence-corrected chi connectivity index (χ4v) is 3.71. The standard InChI is InChI=1S/C21H18N4O2S/c1-14-7-5-6-10-16(14)11-22-20(26)19-17-18(24-28-19)21(27)25(13-23-17)12-15-8-3-2-4-9-15/h2-10,13H,11-12H2,1H3,(H,22,26). The normalized spacial score (nSPS) is 10.9. The van der Waals surface area contributed by atoms with Gasteiger partial charge in [-0.05, 0) is 35.1 Å². The predicted octanol–water partition coefficient (Wildman–Crippen LogP) is 3.14. The summed E-state index contributed by atoms with van der Waals surface area (Å²) in [5.74, 6) is -0.275. The minimum atomic E-state index is -0.275. The first kappa shape index (κ1) is 18.1. The van der Waals surface area contributed by atoms with E-state index in [0.717, 1.165) is 28.2 Å². The topological polar surface area (TPSA) is 76.9 Å². The van der Waals surface area contributed by atoms with Crippen LogP contribution in [0.5, 0.6) is 0 Å². The third-order valence-corrected chi connectivity index (χ3v) is 5.40. The Morgan fingerprint density at radius 3 is 2.61 bits per heavy atom. The highest BCUT2D eigenvalue weighted by Gasteiger charge is 2.18. The molecule has 0 aliphatic heterocycles. The zero-order valence-corrected chi connectivity index (χ0v) is 16.1. The monoisotopic (exact) mass is 390 g/mol. The van der Waals surface area contributed by atoms with Crippen molar-refractivity contribution in [1.82, 2.24) is 19.2 Å². The van der Waals surface area contributed by atoms with Crippen LogP contribution < -0.4 is 10.9 Å². The summed E-state index contributed by atoms with van der Waals surface area (Å²) >= 11 is 1.00. The summed E-state index contributed by atoms with van der Waals surface area (Å²) in [6.45, 7) is 2.82. The number of rotatable bonds is 5. The largest absolute Gasteiger partial charge is 0.347 e. The van der Waals surface area contributed by atoms with Crippen molar-refractivity contribution in [2.75, 3.05) is 0 Å². The number of hydrogen-bond donors (Lipinski definition) is 1. The van der Waals surface area contributed by atoms with Crippen LogP contribution in [0.25, 0.3) is 11.0 Å². The summed E-state index contributed by atoms with van der Waals surface area (Å²) in [5, 5.41) is 2.89. The summed E-state index contributed by atoms with van der Waals surface area (Å²) in [4.78, 5) is 30.0. The number of fused-ring (bicyclic) bond motifs is 1. The molecule has 1 N–H and O–H groups in total. The van der Waals surface area contributed by atoms with Gasteiger partial charge in [0.15, 0.2) is 5.52 Å². The van der Waals surface area contributed by atoms with Gasteiger partial charge in [-0.2, -0.15) is 4.37 Å². The van der Waals surface area contributed by atoms with Gasteiger partial charge in [0, 0.05) is 6.54 Å². The first-order valence-electron chi connectivity index (χ1n) is 8.85. The zero-order chi connectivity index (χ0) is 19.5. The van der Waals surface area contributed by atoms with Crippen molar-refractivity contribution < 1.29 is 4.79 Å². The molecule has 0 fully saturated rings. The smallest absolute Gasteiger partial charge is 0.281 e. The molecule has 0 bridgehead atoms. The summed E-state index contributed by atoms with van der Waals surface area (Å²) < 4.78 is 5.71. The highest BCUT2D eigenvalue weighted by molar-refractivity contribution is 7.09. The third kappa shape index (κ3) is 3.57. The Labute approximate surface area is 165 Å². The molecule has 0 aliphatic carbocycles. The maximum Gasteiger partial charge on any atom is 0.281 e. The molecule has 0 atom stereocenters. The molecular formula is C21H18N4O2S. The van der Waals surface area contributed by atoms with Gasteiger partial charge in [0.05, 0.1) is 12.9 Å². The van der Waals surface area contributed by atoms with Crippen LogP contribution in [-0.4, -0.2) is 19.8 Å². The van der Waals surface area contributed by atoms with Crippen molar-refractivity contribution >= 4 is 28.5 Å². The summed E-state index contributed by atoms with van der Waals surface area (Å²) in [6, 6.07) is 17.5. The molecule has 0 saturated carbocycles. The van der Waals surface area contributed by atoms with Gasteiger partial charge in [0.2, 0.25) is 0 Å². The first-order valence-corrected chi connectivity index (χ1v) is 9.62. The Morgan fingerprint density at radius 1 is 1.07 bits per heavy atom. The van der Waals surface area contributed by atoms with Crippen molar-refractivity contribution in [3.63, 3.8) is 0 Å². The SMILES string of the molecule is Cc1ccccc1CNC(=O)c1snc2c(=O)n(Cc3ccccc3)cnc12. The van der Waals surface area contributed by atoms with Gasteiger partial charge in [0.1, 0.15) is 10.4 Å². The van der Waals surface area contributed by atoms with E-state index in [1.54, 1.807) is 0 Å². The van der Waals surface area contributed by atoms with E-state index in [0.29, 0.717) is 23.5 Å². The zero-order valence-electron chi connectivity index (χ0n) is 15.3. The summed E-state index contributed by atoms with van der Waals surface area (Å²) in [6.07, 6.45) is 1.48. The van der Waals surface area contributed by atoms with Gasteiger partial charge in [-0.25, -0.2) is 4.98 Å². The first-order chi connectivity index (χ1) is 13.6. The molecule has 4 rings (SSSR count). The Morgan fingerprint density at radius 2 is 1.82 bits per heavy atom. The molecule has 6 nitrogen and oxygen atoms in total. The van der Waals surface area contributed by atoms with E-state index in [-0.39, 0.29) is 17.0 Å². The van der Waals surface area contributed by atoms with Crippen LogP contribution in [0.3, 0.4) is 0 Å². The van der Waals surface area contributed by atoms with Gasteiger partial charge in [0.25, 0.3) is 11.5 Å². The Hall–Kier alpha value is -3.32. The van der Waals surface area contributed by atoms with Crippen LogP contribution in [-0.2, 0) is 13.1 Å². The van der Waals surface area contributed by atoms with E-state index >= 15 is 0 Å². The number of nitrogens with zero attached hydrogens (tertiary/aromatic N) is 3. The predicted molar refractivity (Wildman–Crippen MR) is 110 cm³/mol. The Bertz CT molecular complexity index is 1200. The van der Waals surface area contributed by atoms with E-state index in [2.05, 4.69) is 14.7 Å². The fourth-order valence-electron chi connectivity index (χ4n) is 2.97. The molecule has 0 aliphatic rings. The lowest BCUT2D eigenvalue weighted by atomic mass is 10.1. The number of benzene rings is 2. The van der Waals surface area contributed by atoms with Crippen molar-refractivity contribution in [3.8, 4) is 0 Å². The number of carbonyl (C=O) groups excluding carboxylic acids is 1. The molecule has 0 unspecified atom stereocenters. The van der Waals surface area contributed by atoms with Gasteiger partial charge in [-0.15, -0.1) is 0 Å². The lowest BCUT2D eigenvalue weighted by molar-refractivity contribution is 0.0956. The molecule has 28 heavy (non-hydrogen) atoms. The number of aromatic nitrogens is 3. The molecule has 140 valence electrons. The van der Waals surface area contributed by atoms with E-state index in [1.165, 1.54) is 10.9 Å². The summed E-state index contributed by atoms with van der Waals surface area (Å²) in [5.41, 5.74) is 3.48. The molecular weight excluding hydrogens is 372 g/mol. The molecule has 0 spiro atoms. The number of hydrogen-bond acceptors (Lipinski definition) is 5. The number of amides is 1. The molecule has 2 heterocycles. The summed E-state index contributed by atoms with van der Waals surface area (Å²) in [7, 11) is 0. The van der Waals surface area contributed by atoms with E-state index in [1.807, 2.05) is 61.5 Å². The van der Waals surface area contributed by atoms with Crippen molar-refractivity contribution in [1.29, 1.82) is 0 Å². The quantitative estimate of drug-likeness (QED) is 0.568. The molecule has 0 radical (unpaired) electrons. The Balaban J connectivity index is 1.57. The minimum Gasteiger partial charge on any atom is -0.347 e. The van der Waals surface area contributed by atoms with Gasteiger partial charge < -0.3 is 5.32 Å². The fraction of sp³-hybridized carbons (Fsp3) is 0.143. The highest BCUT2D eigenvalue weighted by Crippen LogP contribution is 2.18. The van der Waals surface area contributed by atoms with Crippen LogP contribution in [0, 0.1) is 6.92 Å². The lowest BCUT2D eigenvalue weighted by Gasteiger charge is -2.07. The van der Waals surface area contributed by atoms with Crippen molar-refractivity contribution in [3.05, 3.63) is 92.8 Å². The highest BCUT2D eigenvalue weighted by atomic mass is 32.1. The van der Waals surface area contributed by atoms with Crippen LogP contribution in [0.1, 0.15) is 26.4 Å². The number of carbonyl (C=O) groups is 1. The van der Waals surface area contributed by atoms with Crippen LogP contribution in [0.15, 0.2) is 65.7 Å². The van der Waals surface area contributed by atoms with Crippen LogP contribution in [0.4, 0.5) is 0 Å². The van der Waals surface area contributed by atoms with Gasteiger partial charge in [-0.3, -0.25) is 14.2 Å². The second-order valence-corrected chi connectivity index (χ2v) is 7.25. The molecule has 2 aromatic heterocycles. The number of aryl methyl sites for hydroxylation is 1. The van der Waals surface area contributed by atoms with E-state index in [4.69, 9.17) is 0 Å². The molecule has 1 amide bonds. The molecule has 0 saturated heterocycles. The second-order valence-electron chi connectivity index (χ2n) is 6.48. The van der Waals surface area contributed by atoms with Crippen molar-refractivity contribution in [2.45, 2.75) is 20.0 Å². The Kier molecular flexibility index (Phi) is 4.99. The van der Waals surface area contributed by atoms with Crippen molar-refractivity contribution in [2.24, 2.45) is 0 Å². The maximum atomic E-state index is 12.7. The van der Waals surface area contributed by atoms with E-state index in [9.17, 15) is 9.59 Å². The number of nitrogens with one attached hydrogen (secondary N) is 1. The van der Waals surface area contributed by atoms with Crippen LogP contribution in [0.2, 0.25) is 0 Å². The molecule has 7 heteroatoms. The van der Waals surface area contributed by atoms with Gasteiger partial charge >= 0.3 is 0 Å². The third-order valence-electron chi connectivity index (χ3n) is 4.56. The average Bonchev–Trinajstić information content (AvgIpc) is 3.15. The van der Waals surface area contributed by atoms with Gasteiger partial charge in [-0.1, -0.05) is 54.6 Å². The van der Waals surface area contributed by atoms with Crippen LogP contribution >= 0.6 is 11.5 Å². The molecule has 4 aromatic rings. The van der Waals surface area contributed by atoms with E-state index < -0.39 is 0 Å². The average molecular weight is 390 g/mol.